The van der Waals surface area contributed by atoms with E-state index in [0.717, 1.165) is 12.2 Å². The number of piperidine rings is 3. The number of aromatic nitrogens is 1. The molecule has 0 saturated carbocycles. The number of hydrogen-bond acceptors (Lipinski definition) is 4. The van der Waals surface area contributed by atoms with Crippen LogP contribution >= 0.6 is 0 Å². The van der Waals surface area contributed by atoms with Crippen molar-refractivity contribution in [3.8, 4) is 5.88 Å². The van der Waals surface area contributed by atoms with Gasteiger partial charge < -0.3 is 15.0 Å². The summed E-state index contributed by atoms with van der Waals surface area (Å²) in [6.45, 7) is 2.06. The predicted octanol–water partition coefficient (Wildman–Crippen LogP) is 2.53. The summed E-state index contributed by atoms with van der Waals surface area (Å²) >= 11 is 0. The van der Waals surface area contributed by atoms with Crippen molar-refractivity contribution >= 4 is 5.69 Å². The van der Waals surface area contributed by atoms with E-state index in [2.05, 4.69) is 19.9 Å². The zero-order chi connectivity index (χ0) is 14.9. The maximum atomic E-state index is 12.0. The molecule has 4 nitrogen and oxygen atoms in total. The number of nitrogens with one attached hydrogen (secondary N) is 1. The van der Waals surface area contributed by atoms with Gasteiger partial charge >= 0.3 is 6.18 Å². The topological polar surface area (TPSA) is 37.4 Å². The van der Waals surface area contributed by atoms with Gasteiger partial charge in [0.2, 0.25) is 5.88 Å². The van der Waals surface area contributed by atoms with Crippen LogP contribution in [0.25, 0.3) is 0 Å². The number of alkyl halides is 3. The third kappa shape index (κ3) is 3.78. The zero-order valence-corrected chi connectivity index (χ0v) is 11.6. The minimum Gasteiger partial charge on any atom is -0.468 e. The highest BCUT2D eigenvalue weighted by Crippen LogP contribution is 2.29. The molecule has 2 bridgehead atoms. The summed E-state index contributed by atoms with van der Waals surface area (Å²) in [5.41, 5.74) is 0.827. The van der Waals surface area contributed by atoms with E-state index in [4.69, 9.17) is 0 Å². The summed E-state index contributed by atoms with van der Waals surface area (Å²) in [5.74, 6) is 0.669. The molecule has 4 heterocycles. The number of hydrogen-bond donors (Lipinski definition) is 1. The Labute approximate surface area is 121 Å². The Hall–Kier alpha value is -1.50. The number of rotatable bonds is 4. The van der Waals surface area contributed by atoms with Crippen molar-refractivity contribution in [1.29, 1.82) is 0 Å². The summed E-state index contributed by atoms with van der Waals surface area (Å²) in [4.78, 5) is 6.35. The van der Waals surface area contributed by atoms with Crippen LogP contribution in [0.15, 0.2) is 18.3 Å². The normalized spacial score (nSPS) is 28.4. The lowest BCUT2D eigenvalue weighted by molar-refractivity contribution is -0.154. The molecule has 3 saturated heterocycles. The van der Waals surface area contributed by atoms with E-state index >= 15 is 0 Å². The maximum Gasteiger partial charge on any atom is 0.422 e. The fourth-order valence-corrected chi connectivity index (χ4v) is 3.05. The van der Waals surface area contributed by atoms with Crippen LogP contribution in [-0.4, -0.2) is 48.3 Å². The number of halogens is 3. The third-order valence-corrected chi connectivity index (χ3v) is 4.13. The second kappa shape index (κ2) is 5.71. The Morgan fingerprint density at radius 1 is 1.29 bits per heavy atom. The van der Waals surface area contributed by atoms with Crippen LogP contribution < -0.4 is 10.1 Å². The Kier molecular flexibility index (Phi) is 3.93. The van der Waals surface area contributed by atoms with Crippen LogP contribution in [0.4, 0.5) is 18.9 Å². The lowest BCUT2D eigenvalue weighted by Gasteiger charge is -2.45. The van der Waals surface area contributed by atoms with Crippen molar-refractivity contribution in [1.82, 2.24) is 9.88 Å². The van der Waals surface area contributed by atoms with Crippen LogP contribution in [0.5, 0.6) is 5.88 Å². The Morgan fingerprint density at radius 3 is 2.57 bits per heavy atom. The van der Waals surface area contributed by atoms with Gasteiger partial charge in [0.05, 0.1) is 11.9 Å². The molecule has 7 heteroatoms. The van der Waals surface area contributed by atoms with E-state index < -0.39 is 12.8 Å². The van der Waals surface area contributed by atoms with Gasteiger partial charge in [-0.1, -0.05) is 0 Å². The number of anilines is 1. The second-order valence-electron chi connectivity index (χ2n) is 5.68. The maximum absolute atomic E-state index is 12.0. The van der Waals surface area contributed by atoms with Crippen molar-refractivity contribution < 1.29 is 17.9 Å². The monoisotopic (exact) mass is 301 g/mol. The highest BCUT2D eigenvalue weighted by atomic mass is 19.4. The summed E-state index contributed by atoms with van der Waals surface area (Å²) in [5, 5.41) is 3.43. The van der Waals surface area contributed by atoms with Gasteiger partial charge in [-0.15, -0.1) is 0 Å². The molecule has 3 aliphatic heterocycles. The SMILES string of the molecule is FC(F)(F)COc1ccc(NC2CN3CCC2CC3)cn1. The van der Waals surface area contributed by atoms with E-state index in [1.807, 2.05) is 0 Å². The van der Waals surface area contributed by atoms with Crippen LogP contribution in [0.1, 0.15) is 12.8 Å². The molecule has 1 aromatic heterocycles. The summed E-state index contributed by atoms with van der Waals surface area (Å²) < 4.78 is 40.7. The predicted molar refractivity (Wildman–Crippen MR) is 72.4 cm³/mol. The molecule has 3 fully saturated rings. The molecule has 1 atom stereocenters. The Morgan fingerprint density at radius 2 is 2.05 bits per heavy atom. The van der Waals surface area contributed by atoms with Gasteiger partial charge in [-0.05, 0) is 37.9 Å². The first-order chi connectivity index (χ1) is 9.99. The lowest BCUT2D eigenvalue weighted by atomic mass is 9.84. The molecule has 116 valence electrons. The minimum absolute atomic E-state index is 0.00760. The molecular weight excluding hydrogens is 283 g/mol. The van der Waals surface area contributed by atoms with E-state index in [1.54, 1.807) is 6.07 Å². The van der Waals surface area contributed by atoms with E-state index in [-0.39, 0.29) is 5.88 Å². The molecular formula is C14H18F3N3O. The molecule has 0 aromatic carbocycles. The highest BCUT2D eigenvalue weighted by Gasteiger charge is 2.34. The number of nitrogens with zero attached hydrogens (tertiary/aromatic N) is 2. The third-order valence-electron chi connectivity index (χ3n) is 4.13. The van der Waals surface area contributed by atoms with Crippen molar-refractivity contribution in [2.75, 3.05) is 31.6 Å². The first kappa shape index (κ1) is 14.4. The quantitative estimate of drug-likeness (QED) is 0.927. The number of fused-ring (bicyclic) bond motifs is 3. The molecule has 1 N–H and O–H groups in total. The van der Waals surface area contributed by atoms with Crippen LogP contribution in [0.2, 0.25) is 0 Å². The van der Waals surface area contributed by atoms with Crippen molar-refractivity contribution in [3.63, 3.8) is 0 Å². The zero-order valence-electron chi connectivity index (χ0n) is 11.6. The average Bonchev–Trinajstić information content (AvgIpc) is 2.47. The Balaban J connectivity index is 1.55. The van der Waals surface area contributed by atoms with Crippen LogP contribution in [0.3, 0.4) is 0 Å². The highest BCUT2D eigenvalue weighted by molar-refractivity contribution is 5.43. The van der Waals surface area contributed by atoms with E-state index in [9.17, 15) is 13.2 Å². The Bertz CT molecular complexity index is 469. The molecule has 0 amide bonds. The van der Waals surface area contributed by atoms with Gasteiger partial charge in [-0.25, -0.2) is 4.98 Å². The summed E-state index contributed by atoms with van der Waals surface area (Å²) in [6, 6.07) is 3.59. The fraction of sp³-hybridized carbons (Fsp3) is 0.643. The smallest absolute Gasteiger partial charge is 0.422 e. The molecule has 4 rings (SSSR count). The van der Waals surface area contributed by atoms with Crippen molar-refractivity contribution in [3.05, 3.63) is 18.3 Å². The first-order valence-corrected chi connectivity index (χ1v) is 7.14. The van der Waals surface area contributed by atoms with Gasteiger partial charge in [0, 0.05) is 18.7 Å². The standard InChI is InChI=1S/C14H18F3N3O/c15-14(16,17)9-21-13-2-1-11(7-18-13)19-12-8-20-5-3-10(12)4-6-20/h1-2,7,10,12,19H,3-6,8-9H2. The van der Waals surface area contributed by atoms with Crippen molar-refractivity contribution in [2.45, 2.75) is 25.1 Å². The van der Waals surface area contributed by atoms with E-state index in [0.29, 0.717) is 12.0 Å². The molecule has 21 heavy (non-hydrogen) atoms. The fourth-order valence-electron chi connectivity index (χ4n) is 3.05. The number of pyridine rings is 1. The lowest BCUT2D eigenvalue weighted by Crippen LogP contribution is -2.53. The molecule has 3 aliphatic rings. The second-order valence-corrected chi connectivity index (χ2v) is 5.68. The van der Waals surface area contributed by atoms with Gasteiger partial charge in [-0.3, -0.25) is 0 Å². The molecule has 0 radical (unpaired) electrons. The van der Waals surface area contributed by atoms with E-state index in [1.165, 1.54) is 38.2 Å². The van der Waals surface area contributed by atoms with Gasteiger partial charge in [0.15, 0.2) is 6.61 Å². The largest absolute Gasteiger partial charge is 0.468 e. The minimum atomic E-state index is -4.34. The average molecular weight is 301 g/mol. The van der Waals surface area contributed by atoms with Gasteiger partial charge in [0.1, 0.15) is 0 Å². The van der Waals surface area contributed by atoms with Gasteiger partial charge in [0.25, 0.3) is 0 Å². The first-order valence-electron chi connectivity index (χ1n) is 7.14. The summed E-state index contributed by atoms with van der Waals surface area (Å²) in [6.07, 6.45) is -0.395. The molecule has 0 spiro atoms. The van der Waals surface area contributed by atoms with Gasteiger partial charge in [-0.2, -0.15) is 13.2 Å². The van der Waals surface area contributed by atoms with Crippen LogP contribution in [0, 0.1) is 5.92 Å². The number of ether oxygens (including phenoxy) is 1. The van der Waals surface area contributed by atoms with Crippen LogP contribution in [-0.2, 0) is 0 Å². The molecule has 1 unspecified atom stereocenters. The van der Waals surface area contributed by atoms with Crippen molar-refractivity contribution in [2.24, 2.45) is 5.92 Å². The molecule has 1 aromatic rings. The summed E-state index contributed by atoms with van der Waals surface area (Å²) in [7, 11) is 0. The molecule has 0 aliphatic carbocycles.